The van der Waals surface area contributed by atoms with Gasteiger partial charge in [0.25, 0.3) is 11.8 Å². The van der Waals surface area contributed by atoms with Gasteiger partial charge in [0.1, 0.15) is 23.3 Å². The highest BCUT2D eigenvalue weighted by Crippen LogP contribution is 2.57. The molecule has 0 radical (unpaired) electrons. The molecular weight excluding hydrogens is 652 g/mol. The minimum absolute atomic E-state index is 0.0344. The molecule has 0 aromatic heterocycles. The number of ether oxygens (including phenoxy) is 6. The fourth-order valence-corrected chi connectivity index (χ4v) is 7.32. The third-order valence-electron chi connectivity index (χ3n) is 9.63. The molecule has 14 nitrogen and oxygen atoms in total. The molecule has 7 rings (SSSR count). The van der Waals surface area contributed by atoms with E-state index < -0.39 is 46.8 Å². The van der Waals surface area contributed by atoms with E-state index in [0.717, 1.165) is 0 Å². The van der Waals surface area contributed by atoms with Crippen molar-refractivity contribution in [2.24, 2.45) is 0 Å². The molecule has 0 saturated heterocycles. The summed E-state index contributed by atoms with van der Waals surface area (Å²) in [7, 11) is 3.09. The van der Waals surface area contributed by atoms with Crippen molar-refractivity contribution in [3.05, 3.63) is 82.9 Å². The Kier molecular flexibility index (Phi) is 8.92. The van der Waals surface area contributed by atoms with Gasteiger partial charge in [0, 0.05) is 49.6 Å². The molecule has 0 bridgehead atoms. The van der Waals surface area contributed by atoms with Crippen molar-refractivity contribution in [1.82, 2.24) is 0 Å². The van der Waals surface area contributed by atoms with Gasteiger partial charge in [0.05, 0.1) is 51.0 Å². The lowest BCUT2D eigenvalue weighted by Crippen LogP contribution is -2.47. The van der Waals surface area contributed by atoms with Crippen molar-refractivity contribution >= 4 is 35.1 Å². The monoisotopic (exact) mass is 688 g/mol. The highest BCUT2D eigenvalue weighted by Gasteiger charge is 2.63. The summed E-state index contributed by atoms with van der Waals surface area (Å²) in [5.74, 6) is -6.37. The summed E-state index contributed by atoms with van der Waals surface area (Å²) < 4.78 is 32.4. The number of hydrogen-bond donors (Lipinski definition) is 2. The SMILES string of the molecule is COCCOCCN1C(=O)C(O)(C2C(=O)Oc3cc4c(cc32)OC(=O)C4C2(O)C(=O)N(CCOCCOC)c3ccccc32)c2ccccc21. The first-order chi connectivity index (χ1) is 24.2. The molecule has 4 heterocycles. The number of amides is 2. The summed E-state index contributed by atoms with van der Waals surface area (Å²) in [4.78, 5) is 58.0. The van der Waals surface area contributed by atoms with E-state index in [0.29, 0.717) is 37.8 Å². The number of anilines is 2. The summed E-state index contributed by atoms with van der Waals surface area (Å²) in [5, 5.41) is 24.5. The zero-order valence-corrected chi connectivity index (χ0v) is 27.5. The molecule has 0 aliphatic carbocycles. The predicted octanol–water partition coefficient (Wildman–Crippen LogP) is 1.49. The number of fused-ring (bicyclic) bond motifs is 4. The second-order valence-corrected chi connectivity index (χ2v) is 12.3. The average molecular weight is 689 g/mol. The predicted molar refractivity (Wildman–Crippen MR) is 174 cm³/mol. The summed E-state index contributed by atoms with van der Waals surface area (Å²) in [6.07, 6.45) is 0. The van der Waals surface area contributed by atoms with Crippen LogP contribution >= 0.6 is 0 Å². The van der Waals surface area contributed by atoms with Crippen molar-refractivity contribution in [1.29, 1.82) is 0 Å². The summed E-state index contributed by atoms with van der Waals surface area (Å²) in [6.45, 7) is 1.87. The maximum atomic E-state index is 14.0. The van der Waals surface area contributed by atoms with E-state index in [-0.39, 0.29) is 60.1 Å². The zero-order valence-electron chi connectivity index (χ0n) is 27.5. The van der Waals surface area contributed by atoms with Gasteiger partial charge >= 0.3 is 11.9 Å². The molecule has 4 aliphatic heterocycles. The van der Waals surface area contributed by atoms with E-state index in [1.807, 2.05) is 0 Å². The van der Waals surface area contributed by atoms with Crippen LogP contribution in [-0.2, 0) is 49.3 Å². The van der Waals surface area contributed by atoms with E-state index in [4.69, 9.17) is 28.4 Å². The number of aliphatic hydroxyl groups is 2. The number of esters is 2. The van der Waals surface area contributed by atoms with E-state index in [2.05, 4.69) is 0 Å². The van der Waals surface area contributed by atoms with Gasteiger partial charge in [-0.25, -0.2) is 0 Å². The topological polar surface area (TPSA) is 171 Å². The standard InChI is InChI=1S/C36H36N2O12/c1-45-15-17-47-13-11-37-25-9-5-3-7-23(25)35(43,33(37)41)29-21-19-28-22(20-27(21)49-31(29)39)30(32(40)50-28)36(44)24-8-4-6-10-26(24)38(34(36)42)12-14-48-18-16-46-2/h3-10,19-20,29-30,43-44H,11-18H2,1-2H3. The Morgan fingerprint density at radius 3 is 1.42 bits per heavy atom. The van der Waals surface area contributed by atoms with Gasteiger partial charge in [-0.1, -0.05) is 36.4 Å². The Morgan fingerprint density at radius 1 is 0.620 bits per heavy atom. The van der Waals surface area contributed by atoms with E-state index in [1.165, 1.54) is 21.9 Å². The van der Waals surface area contributed by atoms with Gasteiger partial charge < -0.3 is 48.4 Å². The Labute approximate surface area is 287 Å². The van der Waals surface area contributed by atoms with Crippen LogP contribution in [0.5, 0.6) is 11.5 Å². The fraction of sp³-hybridized carbons (Fsp3) is 0.389. The molecule has 4 atom stereocenters. The Balaban J connectivity index is 1.22. The second kappa shape index (κ2) is 13.2. The lowest BCUT2D eigenvalue weighted by molar-refractivity contribution is -0.150. The summed E-state index contributed by atoms with van der Waals surface area (Å²) in [6, 6.07) is 15.9. The molecule has 0 saturated carbocycles. The van der Waals surface area contributed by atoms with Crippen LogP contribution in [-0.4, -0.2) is 101 Å². The molecule has 0 spiro atoms. The molecule has 14 heteroatoms. The smallest absolute Gasteiger partial charge is 0.322 e. The van der Waals surface area contributed by atoms with E-state index in [9.17, 15) is 29.4 Å². The molecule has 3 aromatic carbocycles. The van der Waals surface area contributed by atoms with E-state index >= 15 is 0 Å². The molecule has 4 aliphatic rings. The number of nitrogens with zero attached hydrogens (tertiary/aromatic N) is 2. The minimum Gasteiger partial charge on any atom is -0.426 e. The number of methoxy groups -OCH3 is 2. The number of benzene rings is 3. The highest BCUT2D eigenvalue weighted by atomic mass is 16.6. The third kappa shape index (κ3) is 5.10. The van der Waals surface area contributed by atoms with Crippen LogP contribution in [0.25, 0.3) is 0 Å². The van der Waals surface area contributed by atoms with Crippen LogP contribution in [0, 0.1) is 0 Å². The first kappa shape index (κ1) is 33.8. The quantitative estimate of drug-likeness (QED) is 0.142. The molecular formula is C36H36N2O12. The number of carbonyl (C=O) groups is 4. The third-order valence-corrected chi connectivity index (χ3v) is 9.63. The maximum Gasteiger partial charge on any atom is 0.322 e. The average Bonchev–Trinajstić information content (AvgIpc) is 3.75. The molecule has 50 heavy (non-hydrogen) atoms. The lowest BCUT2D eigenvalue weighted by Gasteiger charge is -2.28. The number of carbonyl (C=O) groups excluding carboxylic acids is 4. The molecule has 0 fully saturated rings. The Hall–Kier alpha value is -4.70. The van der Waals surface area contributed by atoms with Crippen molar-refractivity contribution < 1.29 is 57.8 Å². The lowest BCUT2D eigenvalue weighted by atomic mass is 9.76. The van der Waals surface area contributed by atoms with Crippen molar-refractivity contribution in [2.75, 3.05) is 76.8 Å². The van der Waals surface area contributed by atoms with Gasteiger partial charge in [0.15, 0.2) is 11.2 Å². The summed E-state index contributed by atoms with van der Waals surface area (Å²) in [5.41, 5.74) is -3.23. The Bertz CT molecular complexity index is 1730. The molecule has 2 amide bonds. The van der Waals surface area contributed by atoms with Crippen LogP contribution < -0.4 is 19.3 Å². The van der Waals surface area contributed by atoms with E-state index in [1.54, 1.807) is 62.8 Å². The number of para-hydroxylation sites is 2. The first-order valence-corrected chi connectivity index (χ1v) is 16.2. The van der Waals surface area contributed by atoms with Crippen LogP contribution in [0.4, 0.5) is 11.4 Å². The normalized spacial score (nSPS) is 24.7. The highest BCUT2D eigenvalue weighted by molar-refractivity contribution is 6.12. The van der Waals surface area contributed by atoms with Crippen LogP contribution in [0.1, 0.15) is 34.1 Å². The summed E-state index contributed by atoms with van der Waals surface area (Å²) >= 11 is 0. The van der Waals surface area contributed by atoms with Gasteiger partial charge in [-0.2, -0.15) is 0 Å². The van der Waals surface area contributed by atoms with Crippen molar-refractivity contribution in [3.8, 4) is 11.5 Å². The maximum absolute atomic E-state index is 14.0. The van der Waals surface area contributed by atoms with Gasteiger partial charge in [-0.15, -0.1) is 0 Å². The van der Waals surface area contributed by atoms with Crippen molar-refractivity contribution in [3.63, 3.8) is 0 Å². The largest absolute Gasteiger partial charge is 0.426 e. The van der Waals surface area contributed by atoms with Crippen LogP contribution in [0.15, 0.2) is 60.7 Å². The Morgan fingerprint density at radius 2 is 1.02 bits per heavy atom. The van der Waals surface area contributed by atoms with Gasteiger partial charge in [0.2, 0.25) is 0 Å². The molecule has 2 N–H and O–H groups in total. The molecule has 3 aromatic rings. The van der Waals surface area contributed by atoms with Crippen LogP contribution in [0.2, 0.25) is 0 Å². The number of rotatable bonds is 14. The number of hydrogen-bond acceptors (Lipinski definition) is 12. The second-order valence-electron chi connectivity index (χ2n) is 12.3. The first-order valence-electron chi connectivity index (χ1n) is 16.2. The fourth-order valence-electron chi connectivity index (χ4n) is 7.32. The van der Waals surface area contributed by atoms with Gasteiger partial charge in [-0.3, -0.25) is 19.2 Å². The van der Waals surface area contributed by atoms with Crippen molar-refractivity contribution in [2.45, 2.75) is 23.0 Å². The minimum atomic E-state index is -2.36. The molecule has 4 unspecified atom stereocenters. The zero-order chi connectivity index (χ0) is 35.2. The van der Waals surface area contributed by atoms with Gasteiger partial charge in [-0.05, 0) is 24.3 Å². The molecule has 262 valence electrons. The van der Waals surface area contributed by atoms with Crippen LogP contribution in [0.3, 0.4) is 0 Å².